The number of hydrogen-bond donors (Lipinski definition) is 2. The Balaban J connectivity index is 1.59. The molecule has 2 N–H and O–H groups in total. The normalized spacial score (nSPS) is 12.7. The van der Waals surface area contributed by atoms with E-state index in [1.807, 2.05) is 12.1 Å². The second-order valence-corrected chi connectivity index (χ2v) is 5.60. The molecule has 0 spiro atoms. The van der Waals surface area contributed by atoms with Crippen LogP contribution in [0.3, 0.4) is 0 Å². The summed E-state index contributed by atoms with van der Waals surface area (Å²) >= 11 is 1.75. The van der Waals surface area contributed by atoms with Crippen molar-refractivity contribution in [2.75, 3.05) is 13.2 Å². The summed E-state index contributed by atoms with van der Waals surface area (Å²) in [6, 6.07) is 5.83. The van der Waals surface area contributed by atoms with Crippen molar-refractivity contribution in [1.82, 2.24) is 5.32 Å². The molecule has 5 heteroatoms. The van der Waals surface area contributed by atoms with Crippen LogP contribution in [-0.4, -0.2) is 24.4 Å². The lowest BCUT2D eigenvalue weighted by molar-refractivity contribution is 0.0226. The molecule has 0 saturated heterocycles. The maximum Gasteiger partial charge on any atom is 0.129 e. The molecule has 0 aliphatic heterocycles. The van der Waals surface area contributed by atoms with Crippen LogP contribution in [-0.2, 0) is 24.3 Å². The molecule has 2 aromatic rings. The summed E-state index contributed by atoms with van der Waals surface area (Å²) in [7, 11) is 0. The lowest BCUT2D eigenvalue weighted by Gasteiger charge is -2.12. The van der Waals surface area contributed by atoms with E-state index in [4.69, 9.17) is 9.15 Å². The van der Waals surface area contributed by atoms with Crippen molar-refractivity contribution in [1.29, 1.82) is 0 Å². The van der Waals surface area contributed by atoms with Crippen molar-refractivity contribution >= 4 is 11.3 Å². The molecule has 4 nitrogen and oxygen atoms in total. The molecule has 2 rings (SSSR count). The zero-order valence-corrected chi connectivity index (χ0v) is 12.5. The fourth-order valence-corrected chi connectivity index (χ4v) is 2.88. The molecule has 0 aromatic carbocycles. The van der Waals surface area contributed by atoms with Crippen molar-refractivity contribution in [3.8, 4) is 0 Å². The summed E-state index contributed by atoms with van der Waals surface area (Å²) in [5.41, 5.74) is 1.38. The monoisotopic (exact) mass is 295 g/mol. The van der Waals surface area contributed by atoms with E-state index in [9.17, 15) is 5.11 Å². The van der Waals surface area contributed by atoms with Crippen LogP contribution in [0.25, 0.3) is 0 Å². The summed E-state index contributed by atoms with van der Waals surface area (Å²) in [5.74, 6) is 0.774. The molecule has 1 atom stereocenters. The van der Waals surface area contributed by atoms with Crippen LogP contribution in [0.4, 0.5) is 0 Å². The van der Waals surface area contributed by atoms with Crippen molar-refractivity contribution in [3.05, 3.63) is 46.0 Å². The molecule has 0 radical (unpaired) electrons. The Morgan fingerprint density at radius 1 is 1.45 bits per heavy atom. The van der Waals surface area contributed by atoms with Gasteiger partial charge in [0, 0.05) is 18.0 Å². The third-order valence-corrected chi connectivity index (χ3v) is 3.98. The summed E-state index contributed by atoms with van der Waals surface area (Å²) in [6.07, 6.45) is 2.16. The molecule has 0 amide bonds. The van der Waals surface area contributed by atoms with E-state index in [2.05, 4.69) is 23.7 Å². The summed E-state index contributed by atoms with van der Waals surface area (Å²) in [5, 5.41) is 15.2. The summed E-state index contributed by atoms with van der Waals surface area (Å²) in [6.45, 7) is 4.19. The standard InChI is InChI=1S/C15H21NO3S/c1-2-12-5-7-20-15(12)9-16-8-13(17)10-18-11-14-4-3-6-19-14/h3-7,13,16-17H,2,8-11H2,1H3. The molecule has 0 saturated carbocycles. The number of rotatable bonds is 9. The Bertz CT molecular complexity index is 481. The first kappa shape index (κ1) is 15.3. The molecule has 0 aliphatic rings. The van der Waals surface area contributed by atoms with Crippen LogP contribution in [0.2, 0.25) is 0 Å². The van der Waals surface area contributed by atoms with Gasteiger partial charge in [-0.1, -0.05) is 6.92 Å². The van der Waals surface area contributed by atoms with Gasteiger partial charge in [0.15, 0.2) is 0 Å². The topological polar surface area (TPSA) is 54.6 Å². The minimum atomic E-state index is -0.505. The zero-order chi connectivity index (χ0) is 14.2. The predicted octanol–water partition coefficient (Wildman–Crippen LogP) is 2.57. The number of nitrogens with one attached hydrogen (secondary N) is 1. The Morgan fingerprint density at radius 3 is 3.10 bits per heavy atom. The number of furan rings is 1. The van der Waals surface area contributed by atoms with Gasteiger partial charge in [-0.3, -0.25) is 0 Å². The van der Waals surface area contributed by atoms with Gasteiger partial charge < -0.3 is 19.6 Å². The second kappa shape index (κ2) is 8.21. The third kappa shape index (κ3) is 4.76. The van der Waals surface area contributed by atoms with E-state index in [0.717, 1.165) is 18.7 Å². The van der Waals surface area contributed by atoms with Gasteiger partial charge in [0.2, 0.25) is 0 Å². The van der Waals surface area contributed by atoms with Crippen LogP contribution in [0.15, 0.2) is 34.3 Å². The van der Waals surface area contributed by atoms with Gasteiger partial charge in [-0.05, 0) is 35.6 Å². The number of thiophene rings is 1. The second-order valence-electron chi connectivity index (χ2n) is 4.60. The minimum Gasteiger partial charge on any atom is -0.467 e. The molecule has 0 fully saturated rings. The molecule has 0 bridgehead atoms. The molecule has 110 valence electrons. The Hall–Kier alpha value is -1.14. The average molecular weight is 295 g/mol. The van der Waals surface area contributed by atoms with Crippen LogP contribution < -0.4 is 5.32 Å². The average Bonchev–Trinajstić information content (AvgIpc) is 3.09. The van der Waals surface area contributed by atoms with Gasteiger partial charge in [-0.2, -0.15) is 0 Å². The van der Waals surface area contributed by atoms with Crippen LogP contribution >= 0.6 is 11.3 Å². The SMILES string of the molecule is CCc1ccsc1CNCC(O)COCc1ccco1. The van der Waals surface area contributed by atoms with Gasteiger partial charge >= 0.3 is 0 Å². The molecule has 2 heterocycles. The lowest BCUT2D eigenvalue weighted by Crippen LogP contribution is -2.30. The zero-order valence-electron chi connectivity index (χ0n) is 11.7. The largest absolute Gasteiger partial charge is 0.467 e. The van der Waals surface area contributed by atoms with Crippen molar-refractivity contribution in [2.45, 2.75) is 32.6 Å². The van der Waals surface area contributed by atoms with Crippen LogP contribution in [0.5, 0.6) is 0 Å². The molecule has 2 aromatic heterocycles. The molecule has 1 unspecified atom stereocenters. The number of aliphatic hydroxyl groups excluding tert-OH is 1. The fourth-order valence-electron chi connectivity index (χ4n) is 1.94. The van der Waals surface area contributed by atoms with Gasteiger partial charge in [0.25, 0.3) is 0 Å². The highest BCUT2D eigenvalue weighted by atomic mass is 32.1. The van der Waals surface area contributed by atoms with Crippen molar-refractivity contribution < 1.29 is 14.3 Å². The highest BCUT2D eigenvalue weighted by Crippen LogP contribution is 2.16. The maximum atomic E-state index is 9.82. The summed E-state index contributed by atoms with van der Waals surface area (Å²) in [4.78, 5) is 1.34. The molecule has 0 aliphatic carbocycles. The van der Waals surface area contributed by atoms with Gasteiger partial charge in [0.05, 0.1) is 19.0 Å². The Kier molecular flexibility index (Phi) is 6.26. The predicted molar refractivity (Wildman–Crippen MR) is 79.8 cm³/mol. The van der Waals surface area contributed by atoms with E-state index < -0.39 is 6.10 Å². The molecular weight excluding hydrogens is 274 g/mol. The number of ether oxygens (including phenoxy) is 1. The van der Waals surface area contributed by atoms with Gasteiger partial charge in [-0.15, -0.1) is 11.3 Å². The fraction of sp³-hybridized carbons (Fsp3) is 0.467. The Labute approximate surface area is 123 Å². The third-order valence-electron chi connectivity index (χ3n) is 3.02. The smallest absolute Gasteiger partial charge is 0.129 e. The van der Waals surface area contributed by atoms with E-state index in [1.165, 1.54) is 10.4 Å². The highest BCUT2D eigenvalue weighted by molar-refractivity contribution is 7.10. The van der Waals surface area contributed by atoms with E-state index in [1.54, 1.807) is 17.6 Å². The Morgan fingerprint density at radius 2 is 2.35 bits per heavy atom. The lowest BCUT2D eigenvalue weighted by atomic mass is 10.2. The van der Waals surface area contributed by atoms with E-state index in [-0.39, 0.29) is 0 Å². The first-order valence-electron chi connectivity index (χ1n) is 6.83. The molecular formula is C15H21NO3S. The van der Waals surface area contributed by atoms with E-state index >= 15 is 0 Å². The van der Waals surface area contributed by atoms with Gasteiger partial charge in [-0.25, -0.2) is 0 Å². The van der Waals surface area contributed by atoms with Crippen LogP contribution in [0.1, 0.15) is 23.1 Å². The molecule has 20 heavy (non-hydrogen) atoms. The van der Waals surface area contributed by atoms with Gasteiger partial charge in [0.1, 0.15) is 12.4 Å². The van der Waals surface area contributed by atoms with Crippen molar-refractivity contribution in [3.63, 3.8) is 0 Å². The number of aliphatic hydroxyl groups is 1. The van der Waals surface area contributed by atoms with Crippen LogP contribution in [0, 0.1) is 0 Å². The number of hydrogen-bond acceptors (Lipinski definition) is 5. The highest BCUT2D eigenvalue weighted by Gasteiger charge is 2.06. The minimum absolute atomic E-state index is 0.304. The first-order chi connectivity index (χ1) is 9.79. The quantitative estimate of drug-likeness (QED) is 0.746. The van der Waals surface area contributed by atoms with E-state index in [0.29, 0.717) is 19.8 Å². The first-order valence-corrected chi connectivity index (χ1v) is 7.71. The maximum absolute atomic E-state index is 9.82. The van der Waals surface area contributed by atoms with Crippen molar-refractivity contribution in [2.24, 2.45) is 0 Å². The summed E-state index contributed by atoms with van der Waals surface area (Å²) < 4.78 is 10.5. The number of aryl methyl sites for hydroxylation is 1.